The minimum Gasteiger partial charge on any atom is -0.493 e. The van der Waals surface area contributed by atoms with Crippen molar-refractivity contribution in [3.05, 3.63) is 23.8 Å². The average Bonchev–Trinajstić information content (AvgIpc) is 2.34. The number of nitrogens with two attached hydrogens (primary N) is 1. The predicted molar refractivity (Wildman–Crippen MR) is 70.7 cm³/mol. The number of ether oxygens (including phenoxy) is 2. The number of aliphatic carboxylic acids is 1. The summed E-state index contributed by atoms with van der Waals surface area (Å²) in [6, 6.07) is 5.37. The number of methoxy groups -OCH3 is 2. The molecule has 0 amide bonds. The third-order valence-corrected chi connectivity index (χ3v) is 2.58. The largest absolute Gasteiger partial charge is 0.493 e. The highest BCUT2D eigenvalue weighted by atomic mass is 35.5. The topological polar surface area (TPSA) is 81.8 Å². The second-order valence-corrected chi connectivity index (χ2v) is 3.63. The van der Waals surface area contributed by atoms with E-state index in [1.165, 1.54) is 7.11 Å². The molecule has 0 aromatic heterocycles. The Hall–Kier alpha value is -1.46. The van der Waals surface area contributed by atoms with Crippen molar-refractivity contribution in [2.24, 2.45) is 11.7 Å². The monoisotopic (exact) mass is 275 g/mol. The number of rotatable bonds is 6. The van der Waals surface area contributed by atoms with Crippen LogP contribution in [0.4, 0.5) is 0 Å². The van der Waals surface area contributed by atoms with E-state index in [2.05, 4.69) is 0 Å². The third-order valence-electron chi connectivity index (χ3n) is 2.58. The summed E-state index contributed by atoms with van der Waals surface area (Å²) >= 11 is 0. The number of para-hydroxylation sites is 1. The van der Waals surface area contributed by atoms with Gasteiger partial charge in [-0.25, -0.2) is 0 Å². The lowest BCUT2D eigenvalue weighted by Gasteiger charge is -2.15. The molecule has 0 heterocycles. The van der Waals surface area contributed by atoms with Crippen LogP contribution in [0.3, 0.4) is 0 Å². The van der Waals surface area contributed by atoms with Crippen molar-refractivity contribution in [3.63, 3.8) is 0 Å². The molecule has 0 unspecified atom stereocenters. The summed E-state index contributed by atoms with van der Waals surface area (Å²) in [6.45, 7) is 0.0930. The molecule has 1 rings (SSSR count). The Balaban J connectivity index is 0.00000289. The van der Waals surface area contributed by atoms with Crippen LogP contribution < -0.4 is 15.2 Å². The maximum Gasteiger partial charge on any atom is 0.308 e. The number of carboxylic acid groups (broad SMARTS) is 1. The van der Waals surface area contributed by atoms with E-state index in [-0.39, 0.29) is 19.0 Å². The highest BCUT2D eigenvalue weighted by Gasteiger charge is 2.19. The second kappa shape index (κ2) is 7.79. The van der Waals surface area contributed by atoms with Crippen LogP contribution in [0.5, 0.6) is 11.5 Å². The highest BCUT2D eigenvalue weighted by molar-refractivity contribution is 5.85. The van der Waals surface area contributed by atoms with Crippen LogP contribution in [0.25, 0.3) is 0 Å². The SMILES string of the molecule is COc1cccc(C[C@@H](CN)C(=O)O)c1OC.Cl. The number of benzene rings is 1. The zero-order valence-corrected chi connectivity index (χ0v) is 11.2. The van der Waals surface area contributed by atoms with E-state index in [1.807, 2.05) is 6.07 Å². The molecule has 0 bridgehead atoms. The van der Waals surface area contributed by atoms with E-state index in [9.17, 15) is 4.79 Å². The minimum absolute atomic E-state index is 0. The molecule has 102 valence electrons. The number of carboxylic acids is 1. The number of halogens is 1. The Kier molecular flexibility index (Phi) is 7.16. The summed E-state index contributed by atoms with van der Waals surface area (Å²) in [5.41, 5.74) is 6.21. The lowest BCUT2D eigenvalue weighted by atomic mass is 9.98. The van der Waals surface area contributed by atoms with Crippen LogP contribution in [0.15, 0.2) is 18.2 Å². The van der Waals surface area contributed by atoms with Crippen LogP contribution in [0, 0.1) is 5.92 Å². The van der Waals surface area contributed by atoms with Gasteiger partial charge in [-0.1, -0.05) is 12.1 Å². The van der Waals surface area contributed by atoms with Gasteiger partial charge in [-0.2, -0.15) is 0 Å². The van der Waals surface area contributed by atoms with Crippen LogP contribution in [0.2, 0.25) is 0 Å². The summed E-state index contributed by atoms with van der Waals surface area (Å²) in [4.78, 5) is 10.9. The van der Waals surface area contributed by atoms with Crippen molar-refractivity contribution < 1.29 is 19.4 Å². The van der Waals surface area contributed by atoms with Crippen molar-refractivity contribution in [3.8, 4) is 11.5 Å². The summed E-state index contributed by atoms with van der Waals surface area (Å²) in [7, 11) is 3.07. The van der Waals surface area contributed by atoms with Gasteiger partial charge in [0, 0.05) is 6.54 Å². The van der Waals surface area contributed by atoms with Gasteiger partial charge >= 0.3 is 5.97 Å². The van der Waals surface area contributed by atoms with Gasteiger partial charge in [0.15, 0.2) is 11.5 Å². The number of hydrogen-bond acceptors (Lipinski definition) is 4. The zero-order chi connectivity index (χ0) is 12.8. The second-order valence-electron chi connectivity index (χ2n) is 3.63. The van der Waals surface area contributed by atoms with Gasteiger partial charge in [-0.3, -0.25) is 4.79 Å². The fraction of sp³-hybridized carbons (Fsp3) is 0.417. The summed E-state index contributed by atoms with van der Waals surface area (Å²) in [5.74, 6) is -0.366. The average molecular weight is 276 g/mol. The first kappa shape index (κ1) is 16.5. The smallest absolute Gasteiger partial charge is 0.308 e. The van der Waals surface area contributed by atoms with Crippen molar-refractivity contribution in [2.45, 2.75) is 6.42 Å². The van der Waals surface area contributed by atoms with Crippen LogP contribution in [-0.4, -0.2) is 31.8 Å². The Labute approximate surface area is 112 Å². The van der Waals surface area contributed by atoms with Crippen molar-refractivity contribution >= 4 is 18.4 Å². The zero-order valence-electron chi connectivity index (χ0n) is 10.4. The van der Waals surface area contributed by atoms with Crippen LogP contribution in [0.1, 0.15) is 5.56 Å². The van der Waals surface area contributed by atoms with Crippen LogP contribution >= 0.6 is 12.4 Å². The highest BCUT2D eigenvalue weighted by Crippen LogP contribution is 2.32. The molecule has 1 aromatic rings. The van der Waals surface area contributed by atoms with Gasteiger partial charge < -0.3 is 20.3 Å². The molecule has 0 saturated heterocycles. The van der Waals surface area contributed by atoms with E-state index in [0.717, 1.165) is 5.56 Å². The van der Waals surface area contributed by atoms with Crippen molar-refractivity contribution in [2.75, 3.05) is 20.8 Å². The fourth-order valence-electron chi connectivity index (χ4n) is 1.65. The van der Waals surface area contributed by atoms with E-state index in [4.69, 9.17) is 20.3 Å². The molecule has 0 fully saturated rings. The molecule has 5 nitrogen and oxygen atoms in total. The van der Waals surface area contributed by atoms with Gasteiger partial charge in [-0.15, -0.1) is 12.4 Å². The van der Waals surface area contributed by atoms with Crippen molar-refractivity contribution in [1.82, 2.24) is 0 Å². The Morgan fingerprint density at radius 1 is 1.39 bits per heavy atom. The van der Waals surface area contributed by atoms with E-state index < -0.39 is 11.9 Å². The number of carbonyl (C=O) groups is 1. The molecular formula is C12H18ClNO4. The molecule has 0 radical (unpaired) electrons. The van der Waals surface area contributed by atoms with E-state index in [1.54, 1.807) is 19.2 Å². The van der Waals surface area contributed by atoms with E-state index >= 15 is 0 Å². The molecule has 0 saturated carbocycles. The Morgan fingerprint density at radius 2 is 2.06 bits per heavy atom. The van der Waals surface area contributed by atoms with Gasteiger partial charge in [0.25, 0.3) is 0 Å². The number of hydrogen-bond donors (Lipinski definition) is 2. The van der Waals surface area contributed by atoms with Crippen LogP contribution in [-0.2, 0) is 11.2 Å². The minimum atomic E-state index is -0.905. The lowest BCUT2D eigenvalue weighted by molar-refractivity contribution is -0.141. The first-order valence-electron chi connectivity index (χ1n) is 5.26. The Bertz CT molecular complexity index is 398. The normalized spacial score (nSPS) is 11.3. The molecule has 1 aromatic carbocycles. The maximum absolute atomic E-state index is 10.9. The fourth-order valence-corrected chi connectivity index (χ4v) is 1.65. The lowest BCUT2D eigenvalue weighted by Crippen LogP contribution is -2.25. The molecular weight excluding hydrogens is 258 g/mol. The standard InChI is InChI=1S/C12H17NO4.ClH/c1-16-10-5-3-4-8(11(10)17-2)6-9(7-13)12(14)15;/h3-5,9H,6-7,13H2,1-2H3,(H,14,15);1H/t9-;/m0./s1. The summed E-state index contributed by atoms with van der Waals surface area (Å²) in [6.07, 6.45) is 0.326. The molecule has 3 N–H and O–H groups in total. The molecule has 0 spiro atoms. The van der Waals surface area contributed by atoms with Gasteiger partial charge in [0.05, 0.1) is 20.1 Å². The molecule has 0 aliphatic heterocycles. The molecule has 0 aliphatic rings. The summed E-state index contributed by atoms with van der Waals surface area (Å²) < 4.78 is 10.4. The van der Waals surface area contributed by atoms with E-state index in [0.29, 0.717) is 17.9 Å². The predicted octanol–water partition coefficient (Wildman–Crippen LogP) is 1.33. The van der Waals surface area contributed by atoms with Gasteiger partial charge in [-0.05, 0) is 18.1 Å². The summed E-state index contributed by atoms with van der Waals surface area (Å²) in [5, 5.41) is 8.97. The molecule has 0 aliphatic carbocycles. The molecule has 6 heteroatoms. The maximum atomic E-state index is 10.9. The van der Waals surface area contributed by atoms with Gasteiger partial charge in [0.1, 0.15) is 0 Å². The van der Waals surface area contributed by atoms with Gasteiger partial charge in [0.2, 0.25) is 0 Å². The quantitative estimate of drug-likeness (QED) is 0.818. The third kappa shape index (κ3) is 3.78. The first-order chi connectivity index (χ1) is 8.13. The Morgan fingerprint density at radius 3 is 2.50 bits per heavy atom. The van der Waals surface area contributed by atoms with Crippen molar-refractivity contribution in [1.29, 1.82) is 0 Å². The first-order valence-corrected chi connectivity index (χ1v) is 5.26. The molecule has 1 atom stereocenters. The molecule has 18 heavy (non-hydrogen) atoms.